The minimum Gasteiger partial charge on any atom is -0.287 e. The molecule has 0 aliphatic rings. The van der Waals surface area contributed by atoms with Crippen LogP contribution in [-0.4, -0.2) is 30.3 Å². The summed E-state index contributed by atoms with van der Waals surface area (Å²) in [5.41, 5.74) is 0. The van der Waals surface area contributed by atoms with Gasteiger partial charge >= 0.3 is 7.82 Å². The van der Waals surface area contributed by atoms with Crippen molar-refractivity contribution < 1.29 is 25.9 Å². The van der Waals surface area contributed by atoms with Gasteiger partial charge in [0.1, 0.15) is 0 Å². The zero-order valence-corrected chi connectivity index (χ0v) is 14.0. The van der Waals surface area contributed by atoms with Crippen molar-refractivity contribution in [3.8, 4) is 0 Å². The second-order valence-corrected chi connectivity index (χ2v) is 9.31. The number of hydrogen-bond acceptors (Lipinski definition) is 4. The minimum absolute atomic E-state index is 0.0596. The predicted molar refractivity (Wildman–Crippen MR) is 75.9 cm³/mol. The smallest absolute Gasteiger partial charge is 0.287 e. The van der Waals surface area contributed by atoms with Gasteiger partial charge in [0, 0.05) is 10.5 Å². The van der Waals surface area contributed by atoms with Crippen molar-refractivity contribution in [1.29, 1.82) is 0 Å². The number of phosphoric ester groups is 1. The van der Waals surface area contributed by atoms with Crippen molar-refractivity contribution >= 4 is 18.6 Å². The standard InChI is InChI=1S/C11H25F2O4PS/c1-6-15-18(14,16-7-2)17-9-8-10-19(12,13)11(3,4)5/h6-10H2,1-5H3. The summed E-state index contributed by atoms with van der Waals surface area (Å²) in [7, 11) is -7.27. The molecule has 0 N–H and O–H groups in total. The van der Waals surface area contributed by atoms with E-state index >= 15 is 0 Å². The van der Waals surface area contributed by atoms with E-state index in [1.165, 1.54) is 20.8 Å². The van der Waals surface area contributed by atoms with Crippen molar-refractivity contribution in [1.82, 2.24) is 0 Å². The molecule has 0 unspecified atom stereocenters. The molecule has 0 fully saturated rings. The molecule has 0 aliphatic carbocycles. The van der Waals surface area contributed by atoms with Crippen molar-refractivity contribution in [2.45, 2.75) is 45.8 Å². The lowest BCUT2D eigenvalue weighted by Gasteiger charge is -2.34. The van der Waals surface area contributed by atoms with Gasteiger partial charge in [-0.3, -0.25) is 13.6 Å². The molecule has 8 heteroatoms. The molecular weight excluding hydrogens is 297 g/mol. The molecule has 4 nitrogen and oxygen atoms in total. The maximum absolute atomic E-state index is 13.7. The molecule has 0 atom stereocenters. The fourth-order valence-corrected chi connectivity index (χ4v) is 3.45. The first-order valence-electron chi connectivity index (χ1n) is 6.31. The Hall–Kier alpha value is 0.320. The van der Waals surface area contributed by atoms with E-state index in [1.54, 1.807) is 13.8 Å². The van der Waals surface area contributed by atoms with E-state index in [4.69, 9.17) is 13.6 Å². The van der Waals surface area contributed by atoms with Gasteiger partial charge in [0.15, 0.2) is 0 Å². The summed E-state index contributed by atoms with van der Waals surface area (Å²) in [4.78, 5) is 0. The second-order valence-electron chi connectivity index (χ2n) is 4.86. The Morgan fingerprint density at radius 3 is 1.89 bits per heavy atom. The summed E-state index contributed by atoms with van der Waals surface area (Å²) in [6.07, 6.45) is 0.129. The summed E-state index contributed by atoms with van der Waals surface area (Å²) >= 11 is 0. The molecule has 0 aromatic heterocycles. The normalized spacial score (nSPS) is 14.7. The van der Waals surface area contributed by atoms with Crippen LogP contribution in [-0.2, 0) is 18.1 Å². The van der Waals surface area contributed by atoms with Crippen LogP contribution in [0.25, 0.3) is 0 Å². The van der Waals surface area contributed by atoms with Crippen molar-refractivity contribution in [2.24, 2.45) is 0 Å². The molecule has 0 aliphatic heterocycles. The Morgan fingerprint density at radius 2 is 1.53 bits per heavy atom. The van der Waals surface area contributed by atoms with Gasteiger partial charge in [-0.2, -0.15) is 7.77 Å². The maximum atomic E-state index is 13.7. The predicted octanol–water partition coefficient (Wildman–Crippen LogP) is 4.95. The lowest BCUT2D eigenvalue weighted by atomic mass is 10.3. The fourth-order valence-electron chi connectivity index (χ4n) is 1.15. The molecule has 0 rings (SSSR count). The summed E-state index contributed by atoms with van der Waals surface area (Å²) in [6, 6.07) is 0. The van der Waals surface area contributed by atoms with E-state index in [0.717, 1.165) is 0 Å². The topological polar surface area (TPSA) is 44.8 Å². The van der Waals surface area contributed by atoms with Crippen LogP contribution in [0.1, 0.15) is 41.0 Å². The molecule has 0 bridgehead atoms. The van der Waals surface area contributed by atoms with Gasteiger partial charge in [0.2, 0.25) is 0 Å². The monoisotopic (exact) mass is 322 g/mol. The van der Waals surface area contributed by atoms with Crippen LogP contribution in [0.3, 0.4) is 0 Å². The molecule has 0 spiro atoms. The van der Waals surface area contributed by atoms with Crippen molar-refractivity contribution in [3.63, 3.8) is 0 Å². The van der Waals surface area contributed by atoms with Gasteiger partial charge in [-0.25, -0.2) is 4.57 Å². The lowest BCUT2D eigenvalue weighted by Crippen LogP contribution is -2.21. The molecule has 0 aromatic carbocycles. The van der Waals surface area contributed by atoms with Crippen LogP contribution in [0, 0.1) is 0 Å². The average Bonchev–Trinajstić information content (AvgIpc) is 2.23. The number of hydrogen-bond donors (Lipinski definition) is 0. The van der Waals surface area contributed by atoms with Crippen LogP contribution < -0.4 is 0 Å². The molecule has 0 saturated heterocycles. The molecule has 0 radical (unpaired) electrons. The van der Waals surface area contributed by atoms with Gasteiger partial charge in [0.25, 0.3) is 0 Å². The van der Waals surface area contributed by atoms with E-state index in [9.17, 15) is 12.3 Å². The average molecular weight is 322 g/mol. The molecule has 19 heavy (non-hydrogen) atoms. The van der Waals surface area contributed by atoms with Crippen molar-refractivity contribution in [3.05, 3.63) is 0 Å². The van der Waals surface area contributed by atoms with Crippen LogP contribution in [0.2, 0.25) is 0 Å². The van der Waals surface area contributed by atoms with Crippen LogP contribution in [0.15, 0.2) is 0 Å². The zero-order chi connectivity index (χ0) is 15.2. The first-order chi connectivity index (χ1) is 8.58. The summed E-state index contributed by atoms with van der Waals surface area (Å²) in [6.45, 7) is 8.19. The highest BCUT2D eigenvalue weighted by Crippen LogP contribution is 2.62. The van der Waals surface area contributed by atoms with E-state index < -0.39 is 23.4 Å². The number of rotatable bonds is 9. The first kappa shape index (κ1) is 19.3. The van der Waals surface area contributed by atoms with E-state index in [2.05, 4.69) is 0 Å². The third kappa shape index (κ3) is 7.04. The summed E-state index contributed by atoms with van der Waals surface area (Å²) in [5, 5.41) is 0. The highest BCUT2D eigenvalue weighted by molar-refractivity contribution is 8.26. The number of halogens is 2. The highest BCUT2D eigenvalue weighted by atomic mass is 32.3. The minimum atomic E-state index is -3.69. The molecular formula is C11H25F2O4PS. The quantitative estimate of drug-likeness (QED) is 0.445. The van der Waals surface area contributed by atoms with E-state index in [0.29, 0.717) is 0 Å². The first-order valence-corrected chi connectivity index (χ1v) is 9.38. The van der Waals surface area contributed by atoms with Gasteiger partial charge in [-0.15, -0.1) is 0 Å². The molecule has 118 valence electrons. The van der Waals surface area contributed by atoms with E-state index in [1.807, 2.05) is 0 Å². The largest absolute Gasteiger partial charge is 0.474 e. The third-order valence-corrected chi connectivity index (χ3v) is 6.51. The lowest BCUT2D eigenvalue weighted by molar-refractivity contribution is 0.122. The van der Waals surface area contributed by atoms with Crippen LogP contribution >= 0.6 is 18.6 Å². The summed E-state index contributed by atoms with van der Waals surface area (Å²) < 4.78 is 53.2. The number of phosphoric acid groups is 1. The van der Waals surface area contributed by atoms with E-state index in [-0.39, 0.29) is 32.0 Å². The third-order valence-electron chi connectivity index (χ3n) is 2.26. The van der Waals surface area contributed by atoms with Crippen molar-refractivity contribution in [2.75, 3.05) is 25.6 Å². The second kappa shape index (κ2) is 7.93. The Morgan fingerprint density at radius 1 is 1.05 bits per heavy atom. The molecule has 0 saturated carbocycles. The van der Waals surface area contributed by atoms with Gasteiger partial charge < -0.3 is 0 Å². The Bertz CT molecular complexity index is 298. The van der Waals surface area contributed by atoms with Gasteiger partial charge in [-0.1, -0.05) is 0 Å². The Labute approximate surface area is 116 Å². The Kier molecular flexibility index (Phi) is 8.07. The zero-order valence-electron chi connectivity index (χ0n) is 12.3. The molecule has 0 heterocycles. The summed E-state index contributed by atoms with van der Waals surface area (Å²) in [5.74, 6) is -0.241. The molecule has 0 amide bonds. The van der Waals surface area contributed by atoms with Gasteiger partial charge in [0.05, 0.1) is 30.6 Å². The van der Waals surface area contributed by atoms with Gasteiger partial charge in [-0.05, 0) is 41.0 Å². The van der Waals surface area contributed by atoms with Crippen LogP contribution in [0.5, 0.6) is 0 Å². The Balaban J connectivity index is 4.19. The molecule has 0 aromatic rings. The maximum Gasteiger partial charge on any atom is 0.474 e. The SMILES string of the molecule is CCOP(=O)(OCC)OCCCS(F)(F)C(C)(C)C. The highest BCUT2D eigenvalue weighted by Gasteiger charge is 2.37. The fraction of sp³-hybridized carbons (Fsp3) is 1.00. The van der Waals surface area contributed by atoms with Crippen LogP contribution in [0.4, 0.5) is 7.77 Å².